The summed E-state index contributed by atoms with van der Waals surface area (Å²) in [5, 5.41) is 0. The Balaban J connectivity index is 3.61. The lowest BCUT2D eigenvalue weighted by atomic mass is 10.6. The number of hydrogen-bond acceptors (Lipinski definition) is 5. The van der Waals surface area contributed by atoms with Gasteiger partial charge in [-0.1, -0.05) is 0 Å². The third kappa shape index (κ3) is 5.33. The molecular formula is C8H20O4SSi. The monoisotopic (exact) mass is 240 g/mol. The highest BCUT2D eigenvalue weighted by molar-refractivity contribution is 7.80. The first-order valence-corrected chi connectivity index (χ1v) is 6.79. The second-order valence-corrected chi connectivity index (χ2v) is 4.75. The molecule has 0 atom stereocenters. The summed E-state index contributed by atoms with van der Waals surface area (Å²) in [6, 6.07) is 1.12. The van der Waals surface area contributed by atoms with Crippen molar-refractivity contribution in [3.63, 3.8) is 0 Å². The average molecular weight is 240 g/mol. The van der Waals surface area contributed by atoms with Gasteiger partial charge in [0.2, 0.25) is 0 Å². The molecule has 0 aliphatic heterocycles. The second-order valence-electron chi connectivity index (χ2n) is 2.78. The van der Waals surface area contributed by atoms with Gasteiger partial charge < -0.3 is 18.6 Å². The fourth-order valence-corrected chi connectivity index (χ4v) is 2.64. The Morgan fingerprint density at radius 1 is 1.14 bits per heavy atom. The fourth-order valence-electron chi connectivity index (χ4n) is 0.940. The molecule has 14 heavy (non-hydrogen) atoms. The van der Waals surface area contributed by atoms with Gasteiger partial charge in [0, 0.05) is 21.3 Å². The van der Waals surface area contributed by atoms with Crippen LogP contribution in [0, 0.1) is 0 Å². The fraction of sp³-hybridized carbons (Fsp3) is 1.00. The van der Waals surface area contributed by atoms with Crippen LogP contribution in [0.15, 0.2) is 0 Å². The number of ether oxygens (including phenoxy) is 3. The van der Waals surface area contributed by atoms with Crippen LogP contribution >= 0.6 is 12.6 Å². The molecule has 0 spiro atoms. The maximum absolute atomic E-state index is 5.50. The number of methoxy groups -OCH3 is 3. The molecular weight excluding hydrogens is 220 g/mol. The van der Waals surface area contributed by atoms with Crippen LogP contribution in [0.3, 0.4) is 0 Å². The van der Waals surface area contributed by atoms with Crippen LogP contribution in [0.4, 0.5) is 0 Å². The smallest absolute Gasteiger partial charge is 0.305 e. The van der Waals surface area contributed by atoms with Gasteiger partial charge in [0.15, 0.2) is 9.76 Å². The SMILES string of the molecule is COC(CO[SiH2]CCCS)(OC)OC. The van der Waals surface area contributed by atoms with Crippen LogP contribution in [0.5, 0.6) is 0 Å². The molecule has 0 heterocycles. The molecule has 0 aromatic rings. The van der Waals surface area contributed by atoms with Crippen molar-refractivity contribution in [2.75, 3.05) is 33.7 Å². The van der Waals surface area contributed by atoms with E-state index in [0.29, 0.717) is 6.61 Å². The predicted octanol–water partition coefficient (Wildman–Crippen LogP) is 0.418. The van der Waals surface area contributed by atoms with Crippen LogP contribution in [0.2, 0.25) is 6.04 Å². The Kier molecular flexibility index (Phi) is 8.95. The zero-order valence-electron chi connectivity index (χ0n) is 9.12. The molecule has 0 saturated heterocycles. The normalized spacial score (nSPS) is 12.9. The van der Waals surface area contributed by atoms with E-state index in [0.717, 1.165) is 18.2 Å². The van der Waals surface area contributed by atoms with Gasteiger partial charge >= 0.3 is 5.97 Å². The summed E-state index contributed by atoms with van der Waals surface area (Å²) in [7, 11) is 4.10. The van der Waals surface area contributed by atoms with Crippen LogP contribution in [0.1, 0.15) is 6.42 Å². The van der Waals surface area contributed by atoms with E-state index < -0.39 is 15.7 Å². The molecule has 0 fully saturated rings. The van der Waals surface area contributed by atoms with E-state index in [2.05, 4.69) is 12.6 Å². The summed E-state index contributed by atoms with van der Waals surface area (Å²) < 4.78 is 20.7. The Bertz CT molecular complexity index is 124. The zero-order chi connectivity index (χ0) is 10.9. The van der Waals surface area contributed by atoms with Crippen LogP contribution < -0.4 is 0 Å². The summed E-state index contributed by atoms with van der Waals surface area (Å²) in [5.74, 6) is -0.117. The van der Waals surface area contributed by atoms with Crippen molar-refractivity contribution >= 4 is 22.4 Å². The first-order chi connectivity index (χ1) is 6.74. The molecule has 0 aromatic heterocycles. The van der Waals surface area contributed by atoms with Crippen LogP contribution in [-0.4, -0.2) is 49.4 Å². The van der Waals surface area contributed by atoms with Gasteiger partial charge in [-0.15, -0.1) is 0 Å². The standard InChI is InChI=1S/C8H20O4SSi/c1-9-8(10-2,11-3)7-12-14-6-4-5-13/h13H,4-7,14H2,1-3H3. The molecule has 86 valence electrons. The van der Waals surface area contributed by atoms with Crippen molar-refractivity contribution in [3.8, 4) is 0 Å². The van der Waals surface area contributed by atoms with E-state index >= 15 is 0 Å². The largest absolute Gasteiger partial charge is 0.416 e. The Labute approximate surface area is 93.6 Å². The molecule has 0 aromatic carbocycles. The first-order valence-electron chi connectivity index (χ1n) is 4.58. The minimum Gasteiger partial charge on any atom is -0.416 e. The Hall–Kier alpha value is 0.407. The third-order valence-corrected chi connectivity index (χ3v) is 3.51. The van der Waals surface area contributed by atoms with Crippen LogP contribution in [-0.2, 0) is 18.6 Å². The lowest BCUT2D eigenvalue weighted by Gasteiger charge is -2.28. The summed E-state index contributed by atoms with van der Waals surface area (Å²) in [4.78, 5) is 0. The maximum Gasteiger partial charge on any atom is 0.305 e. The summed E-state index contributed by atoms with van der Waals surface area (Å²) >= 11 is 4.13. The highest BCUT2D eigenvalue weighted by atomic mass is 32.1. The molecule has 0 radical (unpaired) electrons. The molecule has 4 nitrogen and oxygen atoms in total. The van der Waals surface area contributed by atoms with Crippen molar-refractivity contribution in [1.29, 1.82) is 0 Å². The lowest BCUT2D eigenvalue weighted by Crippen LogP contribution is -2.41. The van der Waals surface area contributed by atoms with Gasteiger partial charge in [-0.05, 0) is 18.2 Å². The van der Waals surface area contributed by atoms with E-state index in [9.17, 15) is 0 Å². The van der Waals surface area contributed by atoms with Gasteiger partial charge in [-0.2, -0.15) is 12.6 Å². The van der Waals surface area contributed by atoms with E-state index in [1.807, 2.05) is 0 Å². The van der Waals surface area contributed by atoms with Gasteiger partial charge in [0.05, 0.1) is 0 Å². The number of rotatable bonds is 9. The predicted molar refractivity (Wildman–Crippen MR) is 61.5 cm³/mol. The molecule has 0 N–H and O–H groups in total. The molecule has 0 rings (SSSR count). The second kappa shape index (κ2) is 8.69. The quantitative estimate of drug-likeness (QED) is 0.274. The number of hydrogen-bond donors (Lipinski definition) is 1. The van der Waals surface area contributed by atoms with Crippen molar-refractivity contribution < 1.29 is 18.6 Å². The Morgan fingerprint density at radius 2 is 1.71 bits per heavy atom. The van der Waals surface area contributed by atoms with E-state index in [1.165, 1.54) is 21.3 Å². The summed E-state index contributed by atoms with van der Waals surface area (Å²) in [6.07, 6.45) is 1.11. The zero-order valence-corrected chi connectivity index (χ0v) is 11.4. The highest BCUT2D eigenvalue weighted by Crippen LogP contribution is 2.12. The minimum absolute atomic E-state index is 0.329. The molecule has 0 aliphatic carbocycles. The van der Waals surface area contributed by atoms with Crippen molar-refractivity contribution in [2.24, 2.45) is 0 Å². The highest BCUT2D eigenvalue weighted by Gasteiger charge is 2.29. The average Bonchev–Trinajstić information content (AvgIpc) is 2.24. The number of thiol groups is 1. The van der Waals surface area contributed by atoms with Gasteiger partial charge in [0.25, 0.3) is 0 Å². The van der Waals surface area contributed by atoms with Crippen molar-refractivity contribution in [3.05, 3.63) is 0 Å². The first kappa shape index (κ1) is 14.4. The van der Waals surface area contributed by atoms with Gasteiger partial charge in [-0.25, -0.2) is 0 Å². The Morgan fingerprint density at radius 3 is 2.14 bits per heavy atom. The van der Waals surface area contributed by atoms with Crippen molar-refractivity contribution in [2.45, 2.75) is 18.4 Å². The van der Waals surface area contributed by atoms with Gasteiger partial charge in [-0.3, -0.25) is 0 Å². The molecule has 6 heteroatoms. The maximum atomic E-state index is 5.50. The van der Waals surface area contributed by atoms with Gasteiger partial charge in [0.1, 0.15) is 6.61 Å². The van der Waals surface area contributed by atoms with Crippen molar-refractivity contribution in [1.82, 2.24) is 0 Å². The van der Waals surface area contributed by atoms with E-state index in [-0.39, 0.29) is 0 Å². The third-order valence-electron chi connectivity index (χ3n) is 1.91. The summed E-state index contributed by atoms with van der Waals surface area (Å²) in [5.41, 5.74) is 0. The van der Waals surface area contributed by atoms with Crippen LogP contribution in [0.25, 0.3) is 0 Å². The molecule has 0 bridgehead atoms. The van der Waals surface area contributed by atoms with E-state index in [4.69, 9.17) is 18.6 Å². The van der Waals surface area contributed by atoms with E-state index in [1.54, 1.807) is 0 Å². The molecule has 0 aliphatic rings. The lowest BCUT2D eigenvalue weighted by molar-refractivity contribution is -0.361. The minimum atomic E-state index is -1.03. The topological polar surface area (TPSA) is 36.9 Å². The molecule has 0 unspecified atom stereocenters. The molecule has 0 amide bonds. The summed E-state index contributed by atoms with van der Waals surface area (Å²) in [6.45, 7) is 0.329. The molecule has 0 saturated carbocycles.